The molecule has 0 amide bonds. The number of benzene rings is 2. The normalized spacial score (nSPS) is 30.0. The molecule has 0 saturated heterocycles. The van der Waals surface area contributed by atoms with Gasteiger partial charge in [-0.05, 0) is 65.9 Å². The van der Waals surface area contributed by atoms with Gasteiger partial charge in [-0.15, -0.1) is 0 Å². The molecule has 0 N–H and O–H groups in total. The Hall–Kier alpha value is -1.98. The molecule has 148 valence electrons. The average molecular weight is 400 g/mol. The zero-order valence-corrected chi connectivity index (χ0v) is 18.5. The molecular weight excluding hydrogens is 369 g/mol. The molecule has 5 rings (SSSR count). The van der Waals surface area contributed by atoms with Crippen LogP contribution >= 0.6 is 7.92 Å². The number of aromatic nitrogens is 1. The van der Waals surface area contributed by atoms with Crippen molar-refractivity contribution in [3.05, 3.63) is 90.8 Å². The minimum atomic E-state index is -0.460. The monoisotopic (exact) mass is 399 g/mol. The van der Waals surface area contributed by atoms with Crippen LogP contribution in [0.25, 0.3) is 0 Å². The van der Waals surface area contributed by atoms with E-state index in [4.69, 9.17) is 4.98 Å². The Kier molecular flexibility index (Phi) is 4.63. The van der Waals surface area contributed by atoms with Crippen LogP contribution in [0.2, 0.25) is 0 Å². The van der Waals surface area contributed by atoms with Crippen molar-refractivity contribution in [2.45, 2.75) is 45.2 Å². The molecule has 29 heavy (non-hydrogen) atoms. The lowest BCUT2D eigenvalue weighted by atomic mass is 9.66. The summed E-state index contributed by atoms with van der Waals surface area (Å²) in [6, 6.07) is 29.1. The molecule has 2 unspecified atom stereocenters. The van der Waals surface area contributed by atoms with Gasteiger partial charge in [-0.1, -0.05) is 87.5 Å². The maximum atomic E-state index is 4.92. The lowest BCUT2D eigenvalue weighted by Crippen LogP contribution is -2.35. The highest BCUT2D eigenvalue weighted by Crippen LogP contribution is 2.76. The van der Waals surface area contributed by atoms with Gasteiger partial charge >= 0.3 is 0 Å². The van der Waals surface area contributed by atoms with Crippen LogP contribution in [0, 0.1) is 16.7 Å². The van der Waals surface area contributed by atoms with Crippen molar-refractivity contribution >= 4 is 18.5 Å². The Balaban J connectivity index is 1.72. The Morgan fingerprint density at radius 2 is 1.38 bits per heavy atom. The summed E-state index contributed by atoms with van der Waals surface area (Å²) < 4.78 is 0. The summed E-state index contributed by atoms with van der Waals surface area (Å²) >= 11 is 0. The van der Waals surface area contributed by atoms with Crippen molar-refractivity contribution in [2.24, 2.45) is 16.7 Å². The first-order valence-electron chi connectivity index (χ1n) is 10.8. The van der Waals surface area contributed by atoms with Gasteiger partial charge in [0.05, 0.1) is 0 Å². The summed E-state index contributed by atoms with van der Waals surface area (Å²) in [5.74, 6) is 1.23. The van der Waals surface area contributed by atoms with Gasteiger partial charge in [0.2, 0.25) is 0 Å². The summed E-state index contributed by atoms with van der Waals surface area (Å²) in [5.41, 5.74) is 2.54. The van der Waals surface area contributed by atoms with Crippen molar-refractivity contribution in [1.82, 2.24) is 4.98 Å². The van der Waals surface area contributed by atoms with Gasteiger partial charge in [0.1, 0.15) is 0 Å². The molecule has 0 aliphatic heterocycles. The number of hydrogen-bond acceptors (Lipinski definition) is 1. The molecule has 1 nitrogen and oxygen atoms in total. The molecule has 0 spiro atoms. The summed E-state index contributed by atoms with van der Waals surface area (Å²) in [7, 11) is -0.460. The van der Waals surface area contributed by atoms with Gasteiger partial charge in [-0.3, -0.25) is 4.98 Å². The summed E-state index contributed by atoms with van der Waals surface area (Å²) in [6.07, 6.45) is 4.65. The Bertz CT molecular complexity index is 930. The van der Waals surface area contributed by atoms with E-state index >= 15 is 0 Å². The van der Waals surface area contributed by atoms with E-state index in [0.29, 0.717) is 22.4 Å². The minimum Gasteiger partial charge on any atom is -0.261 e. The van der Waals surface area contributed by atoms with Crippen LogP contribution in [0.5, 0.6) is 0 Å². The second kappa shape index (κ2) is 7.06. The van der Waals surface area contributed by atoms with Crippen LogP contribution < -0.4 is 10.6 Å². The highest BCUT2D eigenvalue weighted by molar-refractivity contribution is 7.73. The number of hydrogen-bond donors (Lipinski definition) is 0. The van der Waals surface area contributed by atoms with E-state index in [1.54, 1.807) is 0 Å². The number of fused-ring (bicyclic) bond motifs is 2. The van der Waals surface area contributed by atoms with Gasteiger partial charge < -0.3 is 0 Å². The molecule has 2 heteroatoms. The second-order valence-corrected chi connectivity index (χ2v) is 11.9. The molecule has 0 radical (unpaired) electrons. The highest BCUT2D eigenvalue weighted by atomic mass is 31.1. The largest absolute Gasteiger partial charge is 0.261 e. The SMILES string of the molecule is CC1(C)C2CCC1(C)[C@@H](c1ccccn1)[C@@H]2P(c1ccccc1)c1ccccc1. The third-order valence-electron chi connectivity index (χ3n) is 8.19. The van der Waals surface area contributed by atoms with Crippen LogP contribution in [0.4, 0.5) is 0 Å². The fraction of sp³-hybridized carbons (Fsp3) is 0.370. The first-order valence-corrected chi connectivity index (χ1v) is 12.3. The van der Waals surface area contributed by atoms with Gasteiger partial charge in [-0.2, -0.15) is 0 Å². The Morgan fingerprint density at radius 3 is 1.93 bits per heavy atom. The van der Waals surface area contributed by atoms with Crippen LogP contribution in [0.3, 0.4) is 0 Å². The Labute approximate surface area is 176 Å². The van der Waals surface area contributed by atoms with E-state index in [1.807, 2.05) is 6.20 Å². The van der Waals surface area contributed by atoms with Crippen molar-refractivity contribution in [3.63, 3.8) is 0 Å². The van der Waals surface area contributed by atoms with Gasteiger partial charge in [-0.25, -0.2) is 0 Å². The molecule has 3 aromatic rings. The summed E-state index contributed by atoms with van der Waals surface area (Å²) in [5, 5.41) is 3.01. The third-order valence-corrected chi connectivity index (χ3v) is 11.2. The molecule has 2 saturated carbocycles. The van der Waals surface area contributed by atoms with E-state index < -0.39 is 7.92 Å². The topological polar surface area (TPSA) is 12.9 Å². The van der Waals surface area contributed by atoms with Crippen molar-refractivity contribution < 1.29 is 0 Å². The van der Waals surface area contributed by atoms with E-state index in [-0.39, 0.29) is 0 Å². The van der Waals surface area contributed by atoms with Crippen LogP contribution in [-0.4, -0.2) is 10.6 Å². The van der Waals surface area contributed by atoms with Gasteiger partial charge in [0.25, 0.3) is 0 Å². The zero-order valence-electron chi connectivity index (χ0n) is 17.6. The number of nitrogens with zero attached hydrogens (tertiary/aromatic N) is 1. The first-order chi connectivity index (χ1) is 14.0. The molecule has 2 aliphatic rings. The maximum Gasteiger partial charge on any atom is 0.0446 e. The molecule has 1 heterocycles. The van der Waals surface area contributed by atoms with Crippen LogP contribution in [0.15, 0.2) is 85.1 Å². The fourth-order valence-corrected chi connectivity index (χ4v) is 10.0. The lowest BCUT2D eigenvalue weighted by Gasteiger charge is -2.42. The van der Waals surface area contributed by atoms with E-state index in [0.717, 1.165) is 5.92 Å². The Morgan fingerprint density at radius 1 is 0.793 bits per heavy atom. The molecule has 4 atom stereocenters. The maximum absolute atomic E-state index is 4.92. The second-order valence-electron chi connectivity index (χ2n) is 9.55. The van der Waals surface area contributed by atoms with Crippen molar-refractivity contribution in [2.75, 3.05) is 0 Å². The highest BCUT2D eigenvalue weighted by Gasteiger charge is 2.68. The summed E-state index contributed by atoms with van der Waals surface area (Å²) in [6.45, 7) is 7.62. The molecule has 2 bridgehead atoms. The zero-order chi connectivity index (χ0) is 20.1. The van der Waals surface area contributed by atoms with Crippen molar-refractivity contribution in [1.29, 1.82) is 0 Å². The standard InChI is InChI=1S/C27H30NP/c1-26(2)22-17-18-27(26,3)24(23-16-10-11-19-28-23)25(22)29(20-12-6-4-7-13-20)21-14-8-5-9-15-21/h4-16,19,22,24-25H,17-18H2,1-3H3/t22?,24-,25+,27?/m0/s1. The number of pyridine rings is 1. The first kappa shape index (κ1) is 19.0. The molecule has 1 aromatic heterocycles. The molecule has 2 aliphatic carbocycles. The lowest BCUT2D eigenvalue weighted by molar-refractivity contribution is 0.133. The van der Waals surface area contributed by atoms with Crippen LogP contribution in [-0.2, 0) is 0 Å². The van der Waals surface area contributed by atoms with Crippen LogP contribution in [0.1, 0.15) is 45.2 Å². The van der Waals surface area contributed by atoms with E-state index in [2.05, 4.69) is 99.6 Å². The molecular formula is C27H30NP. The third kappa shape index (κ3) is 2.82. The van der Waals surface area contributed by atoms with E-state index in [1.165, 1.54) is 29.1 Å². The number of rotatable bonds is 4. The average Bonchev–Trinajstić information content (AvgIpc) is 3.08. The molecule has 2 fully saturated rings. The minimum absolute atomic E-state index is 0.292. The van der Waals surface area contributed by atoms with Gasteiger partial charge in [0.15, 0.2) is 0 Å². The predicted molar refractivity (Wildman–Crippen MR) is 124 cm³/mol. The van der Waals surface area contributed by atoms with E-state index in [9.17, 15) is 0 Å². The van der Waals surface area contributed by atoms with Gasteiger partial charge in [0, 0.05) is 17.8 Å². The smallest absolute Gasteiger partial charge is 0.0446 e. The fourth-order valence-electron chi connectivity index (χ4n) is 6.39. The molecule has 2 aromatic carbocycles. The quantitative estimate of drug-likeness (QED) is 0.482. The summed E-state index contributed by atoms with van der Waals surface area (Å²) in [4.78, 5) is 4.92. The predicted octanol–water partition coefficient (Wildman–Crippen LogP) is 6.12. The van der Waals surface area contributed by atoms with Crippen molar-refractivity contribution in [3.8, 4) is 0 Å².